The Hall–Kier alpha value is -2.46. The first-order valence-electron chi connectivity index (χ1n) is 8.63. The van der Waals surface area contributed by atoms with Crippen LogP contribution < -0.4 is 4.90 Å². The topological polar surface area (TPSA) is 73.9 Å². The van der Waals surface area contributed by atoms with E-state index in [1.54, 1.807) is 6.07 Å². The monoisotopic (exact) mass is 339 g/mol. The molecule has 0 saturated carbocycles. The fourth-order valence-corrected chi connectivity index (χ4v) is 3.78. The van der Waals surface area contributed by atoms with Gasteiger partial charge in [-0.15, -0.1) is 0 Å². The zero-order valence-corrected chi connectivity index (χ0v) is 15.3. The molecule has 0 bridgehead atoms. The number of nitriles is 1. The normalized spacial score (nSPS) is 21.1. The fraction of sp³-hybridized carbons (Fsp3) is 0.556. The Kier molecular flexibility index (Phi) is 5.00. The van der Waals surface area contributed by atoms with Gasteiger partial charge in [0, 0.05) is 32.5 Å². The number of rotatable bonds is 4. The van der Waals surface area contributed by atoms with Crippen molar-refractivity contribution in [1.29, 1.82) is 5.26 Å². The fourth-order valence-electron chi connectivity index (χ4n) is 3.78. The van der Waals surface area contributed by atoms with Crippen molar-refractivity contribution < 1.29 is 0 Å². The molecule has 2 atom stereocenters. The summed E-state index contributed by atoms with van der Waals surface area (Å²) in [5.74, 6) is 1.07. The number of likely N-dealkylation sites (tertiary alicyclic amines) is 1. The minimum atomic E-state index is 0.323. The summed E-state index contributed by atoms with van der Waals surface area (Å²) in [5.41, 5.74) is 2.47. The molecule has 1 aliphatic rings. The number of aromatic nitrogens is 4. The summed E-state index contributed by atoms with van der Waals surface area (Å²) in [4.78, 5) is 17.7. The number of anilines is 1. The van der Waals surface area contributed by atoms with Crippen LogP contribution in [0.25, 0.3) is 0 Å². The van der Waals surface area contributed by atoms with E-state index in [2.05, 4.69) is 49.5 Å². The molecule has 0 N–H and O–H groups in total. The summed E-state index contributed by atoms with van der Waals surface area (Å²) < 4.78 is 2.11. The van der Waals surface area contributed by atoms with E-state index >= 15 is 0 Å². The van der Waals surface area contributed by atoms with Crippen LogP contribution in [0.15, 0.2) is 18.6 Å². The smallest absolute Gasteiger partial charge is 0.226 e. The Morgan fingerprint density at radius 3 is 2.84 bits per heavy atom. The van der Waals surface area contributed by atoms with Crippen molar-refractivity contribution in [2.75, 3.05) is 32.1 Å². The zero-order chi connectivity index (χ0) is 18.0. The molecule has 2 aromatic heterocycles. The van der Waals surface area contributed by atoms with Gasteiger partial charge in [0.05, 0.1) is 18.1 Å². The molecule has 1 saturated heterocycles. The summed E-state index contributed by atoms with van der Waals surface area (Å²) in [5, 5.41) is 9.15. The molecule has 3 rings (SSSR count). The molecule has 7 heteroatoms. The van der Waals surface area contributed by atoms with Gasteiger partial charge in [-0.2, -0.15) is 5.26 Å². The molecule has 0 spiro atoms. The molecule has 0 radical (unpaired) electrons. The first kappa shape index (κ1) is 17.4. The number of imidazole rings is 1. The van der Waals surface area contributed by atoms with Gasteiger partial charge >= 0.3 is 0 Å². The predicted molar refractivity (Wildman–Crippen MR) is 96.1 cm³/mol. The van der Waals surface area contributed by atoms with Crippen molar-refractivity contribution in [1.82, 2.24) is 24.4 Å². The summed E-state index contributed by atoms with van der Waals surface area (Å²) in [6.07, 6.45) is 6.17. The van der Waals surface area contributed by atoms with Crippen LogP contribution in [0.3, 0.4) is 0 Å². The highest BCUT2D eigenvalue weighted by Crippen LogP contribution is 2.35. The summed E-state index contributed by atoms with van der Waals surface area (Å²) in [6, 6.07) is 4.15. The lowest BCUT2D eigenvalue weighted by atomic mass is 9.87. The summed E-state index contributed by atoms with van der Waals surface area (Å²) in [7, 11) is 6.24. The predicted octanol–water partition coefficient (Wildman–Crippen LogP) is 1.91. The van der Waals surface area contributed by atoms with E-state index in [0.29, 0.717) is 23.6 Å². The third-order valence-corrected chi connectivity index (χ3v) is 4.97. The van der Waals surface area contributed by atoms with Crippen LogP contribution in [0.2, 0.25) is 0 Å². The van der Waals surface area contributed by atoms with Crippen LogP contribution >= 0.6 is 0 Å². The molecular weight excluding hydrogens is 314 g/mol. The Balaban J connectivity index is 1.83. The Morgan fingerprint density at radius 2 is 2.16 bits per heavy atom. The van der Waals surface area contributed by atoms with Gasteiger partial charge in [0.25, 0.3) is 0 Å². The van der Waals surface area contributed by atoms with E-state index in [1.165, 1.54) is 12.1 Å². The largest absolute Gasteiger partial charge is 0.343 e. The number of nitrogens with zero attached hydrogens (tertiary/aromatic N) is 7. The van der Waals surface area contributed by atoms with Gasteiger partial charge in [-0.25, -0.2) is 15.0 Å². The standard InChI is InChI=1S/C18H25N7/c1-13-8-15(9-19)22-18(21-13)24(3)11-14-6-5-7-23(2)17(14)16-10-20-12-25(16)4/h8,10,12,14,17H,5-7,11H2,1-4H3/t14-,17+/m0/s1. The molecule has 3 heterocycles. The van der Waals surface area contributed by atoms with Crippen molar-refractivity contribution in [3.8, 4) is 6.07 Å². The number of piperidine rings is 1. The van der Waals surface area contributed by atoms with E-state index < -0.39 is 0 Å². The number of hydrogen-bond acceptors (Lipinski definition) is 6. The quantitative estimate of drug-likeness (QED) is 0.847. The average molecular weight is 339 g/mol. The van der Waals surface area contributed by atoms with Crippen molar-refractivity contribution in [3.63, 3.8) is 0 Å². The van der Waals surface area contributed by atoms with Gasteiger partial charge in [-0.05, 0) is 45.3 Å². The highest BCUT2D eigenvalue weighted by Gasteiger charge is 2.33. The first-order valence-corrected chi connectivity index (χ1v) is 8.63. The maximum Gasteiger partial charge on any atom is 0.226 e. The molecule has 1 aliphatic heterocycles. The van der Waals surface area contributed by atoms with Crippen molar-refractivity contribution in [2.24, 2.45) is 13.0 Å². The van der Waals surface area contributed by atoms with Crippen molar-refractivity contribution in [3.05, 3.63) is 35.7 Å². The molecular formula is C18H25N7. The first-order chi connectivity index (χ1) is 12.0. The van der Waals surface area contributed by atoms with Crippen LogP contribution in [0.1, 0.15) is 36.0 Å². The Morgan fingerprint density at radius 1 is 1.36 bits per heavy atom. The average Bonchev–Trinajstić information content (AvgIpc) is 3.00. The molecule has 0 amide bonds. The molecule has 1 fully saturated rings. The maximum absolute atomic E-state index is 9.15. The SMILES string of the molecule is Cc1cc(C#N)nc(N(C)C[C@@H]2CCCN(C)[C@H]2c2cncn2C)n1. The second-order valence-corrected chi connectivity index (χ2v) is 6.94. The third kappa shape index (κ3) is 3.64. The Labute approximate surface area is 148 Å². The molecule has 25 heavy (non-hydrogen) atoms. The number of aryl methyl sites for hydroxylation is 2. The summed E-state index contributed by atoms with van der Waals surface area (Å²) >= 11 is 0. The minimum Gasteiger partial charge on any atom is -0.343 e. The summed E-state index contributed by atoms with van der Waals surface area (Å²) in [6.45, 7) is 3.83. The van der Waals surface area contributed by atoms with Gasteiger partial charge in [-0.3, -0.25) is 4.90 Å². The zero-order valence-electron chi connectivity index (χ0n) is 15.3. The lowest BCUT2D eigenvalue weighted by molar-refractivity contribution is 0.118. The van der Waals surface area contributed by atoms with Crippen LogP contribution in [0.4, 0.5) is 5.95 Å². The highest BCUT2D eigenvalue weighted by molar-refractivity contribution is 5.35. The van der Waals surface area contributed by atoms with Crippen LogP contribution in [-0.4, -0.2) is 51.6 Å². The van der Waals surface area contributed by atoms with Crippen molar-refractivity contribution in [2.45, 2.75) is 25.8 Å². The van der Waals surface area contributed by atoms with E-state index in [4.69, 9.17) is 5.26 Å². The van der Waals surface area contributed by atoms with Crippen LogP contribution in [0, 0.1) is 24.2 Å². The van der Waals surface area contributed by atoms with Gasteiger partial charge in [0.1, 0.15) is 11.8 Å². The van der Waals surface area contributed by atoms with Crippen molar-refractivity contribution >= 4 is 5.95 Å². The maximum atomic E-state index is 9.15. The van der Waals surface area contributed by atoms with E-state index in [0.717, 1.165) is 25.2 Å². The molecule has 0 aliphatic carbocycles. The van der Waals surface area contributed by atoms with E-state index in [-0.39, 0.29) is 0 Å². The second-order valence-electron chi connectivity index (χ2n) is 6.94. The second kappa shape index (κ2) is 7.19. The van der Waals surface area contributed by atoms with Gasteiger partial charge in [-0.1, -0.05) is 0 Å². The van der Waals surface area contributed by atoms with Crippen LogP contribution in [-0.2, 0) is 7.05 Å². The van der Waals surface area contributed by atoms with Crippen LogP contribution in [0.5, 0.6) is 0 Å². The minimum absolute atomic E-state index is 0.323. The number of hydrogen-bond donors (Lipinski definition) is 0. The lowest BCUT2D eigenvalue weighted by Gasteiger charge is -2.40. The lowest BCUT2D eigenvalue weighted by Crippen LogP contribution is -2.42. The molecule has 7 nitrogen and oxygen atoms in total. The Bertz CT molecular complexity index is 776. The third-order valence-electron chi connectivity index (χ3n) is 4.97. The van der Waals surface area contributed by atoms with E-state index in [1.807, 2.05) is 26.5 Å². The molecule has 132 valence electrons. The molecule has 2 aromatic rings. The van der Waals surface area contributed by atoms with Gasteiger partial charge in [0.15, 0.2) is 0 Å². The highest BCUT2D eigenvalue weighted by atomic mass is 15.2. The van der Waals surface area contributed by atoms with Gasteiger partial charge < -0.3 is 9.47 Å². The molecule has 0 unspecified atom stereocenters. The van der Waals surface area contributed by atoms with Gasteiger partial charge in [0.2, 0.25) is 5.95 Å². The molecule has 0 aromatic carbocycles. The van der Waals surface area contributed by atoms with E-state index in [9.17, 15) is 0 Å².